The molecule has 130 valence electrons. The van der Waals surface area contributed by atoms with Crippen LogP contribution in [0.25, 0.3) is 0 Å². The zero-order valence-corrected chi connectivity index (χ0v) is 14.5. The van der Waals surface area contributed by atoms with E-state index in [0.717, 1.165) is 19.5 Å². The van der Waals surface area contributed by atoms with Crippen molar-refractivity contribution in [1.82, 2.24) is 10.2 Å². The van der Waals surface area contributed by atoms with E-state index in [9.17, 15) is 9.59 Å². The highest BCUT2D eigenvalue weighted by atomic mass is 16.2. The average Bonchev–Trinajstić information content (AvgIpc) is 3.08. The first-order chi connectivity index (χ1) is 11.5. The molecular weight excluding hydrogens is 302 g/mol. The van der Waals surface area contributed by atoms with Crippen LogP contribution in [0.2, 0.25) is 0 Å². The molecule has 5 heteroatoms. The highest BCUT2D eigenvalue weighted by Gasteiger charge is 2.39. The van der Waals surface area contributed by atoms with E-state index >= 15 is 0 Å². The van der Waals surface area contributed by atoms with E-state index in [1.807, 2.05) is 12.1 Å². The molecule has 0 unspecified atom stereocenters. The van der Waals surface area contributed by atoms with Gasteiger partial charge in [-0.1, -0.05) is 13.0 Å². The van der Waals surface area contributed by atoms with Crippen molar-refractivity contribution in [3.8, 4) is 0 Å². The van der Waals surface area contributed by atoms with Gasteiger partial charge in [-0.15, -0.1) is 0 Å². The first kappa shape index (κ1) is 17.0. The topological polar surface area (TPSA) is 61.4 Å². The molecule has 24 heavy (non-hydrogen) atoms. The molecule has 1 aliphatic carbocycles. The molecule has 1 aromatic rings. The van der Waals surface area contributed by atoms with E-state index < -0.39 is 0 Å². The number of hydrogen-bond acceptors (Lipinski definition) is 3. The number of benzene rings is 1. The Bertz CT molecular complexity index is 610. The normalized spacial score (nSPS) is 24.4. The molecule has 2 aliphatic rings. The van der Waals surface area contributed by atoms with Crippen LogP contribution in [-0.4, -0.2) is 42.4 Å². The van der Waals surface area contributed by atoms with Gasteiger partial charge in [0, 0.05) is 29.8 Å². The average molecular weight is 329 g/mol. The lowest BCUT2D eigenvalue weighted by atomic mass is 10.1. The van der Waals surface area contributed by atoms with Crippen LogP contribution in [0.5, 0.6) is 0 Å². The fourth-order valence-electron chi connectivity index (χ4n) is 3.31. The molecule has 0 aromatic heterocycles. The fourth-order valence-corrected chi connectivity index (χ4v) is 3.31. The van der Waals surface area contributed by atoms with E-state index in [2.05, 4.69) is 29.4 Å². The molecule has 3 rings (SSSR count). The minimum Gasteiger partial charge on any atom is -0.350 e. The summed E-state index contributed by atoms with van der Waals surface area (Å²) in [4.78, 5) is 26.8. The Morgan fingerprint density at radius 3 is 2.67 bits per heavy atom. The van der Waals surface area contributed by atoms with Crippen LogP contribution < -0.4 is 10.6 Å². The minimum absolute atomic E-state index is 0.0581. The van der Waals surface area contributed by atoms with Gasteiger partial charge >= 0.3 is 0 Å². The molecular formula is C19H27N3O2. The summed E-state index contributed by atoms with van der Waals surface area (Å²) in [6, 6.07) is 7.53. The van der Waals surface area contributed by atoms with Crippen molar-refractivity contribution < 1.29 is 9.59 Å². The molecule has 0 spiro atoms. The molecule has 1 saturated heterocycles. The van der Waals surface area contributed by atoms with E-state index in [4.69, 9.17) is 0 Å². The molecule has 1 saturated carbocycles. The summed E-state index contributed by atoms with van der Waals surface area (Å²) >= 11 is 0. The molecule has 0 radical (unpaired) electrons. The molecule has 2 fully saturated rings. The van der Waals surface area contributed by atoms with E-state index in [-0.39, 0.29) is 17.7 Å². The smallest absolute Gasteiger partial charge is 0.251 e. The minimum atomic E-state index is -0.0862. The van der Waals surface area contributed by atoms with Gasteiger partial charge in [-0.2, -0.15) is 0 Å². The van der Waals surface area contributed by atoms with Crippen LogP contribution in [-0.2, 0) is 4.79 Å². The Hall–Kier alpha value is -1.88. The van der Waals surface area contributed by atoms with Crippen LogP contribution in [0.4, 0.5) is 5.69 Å². The Labute approximate surface area is 143 Å². The Morgan fingerprint density at radius 1 is 1.29 bits per heavy atom. The van der Waals surface area contributed by atoms with Gasteiger partial charge in [0.25, 0.3) is 5.91 Å². The third-order valence-electron chi connectivity index (χ3n) is 5.16. The summed E-state index contributed by atoms with van der Waals surface area (Å²) < 4.78 is 0. The summed E-state index contributed by atoms with van der Waals surface area (Å²) in [7, 11) is 0. The zero-order valence-electron chi connectivity index (χ0n) is 14.5. The van der Waals surface area contributed by atoms with Gasteiger partial charge < -0.3 is 10.6 Å². The third kappa shape index (κ3) is 4.15. The van der Waals surface area contributed by atoms with Gasteiger partial charge in [0.1, 0.15) is 0 Å². The van der Waals surface area contributed by atoms with Crippen molar-refractivity contribution in [2.24, 2.45) is 11.8 Å². The summed E-state index contributed by atoms with van der Waals surface area (Å²) in [5.74, 6) is 0.576. The Kier molecular flexibility index (Phi) is 5.19. The third-order valence-corrected chi connectivity index (χ3v) is 5.16. The maximum atomic E-state index is 12.4. The second kappa shape index (κ2) is 7.34. The fraction of sp³-hybridized carbons (Fsp3) is 0.579. The molecule has 2 amide bonds. The number of rotatable bonds is 6. The number of nitrogens with zero attached hydrogens (tertiary/aromatic N) is 1. The number of carbonyl (C=O) groups excluding carboxylic acids is 2. The van der Waals surface area contributed by atoms with E-state index in [1.165, 1.54) is 12.8 Å². The van der Waals surface area contributed by atoms with Gasteiger partial charge in [-0.3, -0.25) is 14.5 Å². The van der Waals surface area contributed by atoms with Crippen LogP contribution in [0, 0.1) is 11.8 Å². The summed E-state index contributed by atoms with van der Waals surface area (Å²) in [5, 5.41) is 5.92. The number of hydrogen-bond donors (Lipinski definition) is 2. The maximum absolute atomic E-state index is 12.4. The molecule has 1 heterocycles. The number of carbonyl (C=O) groups is 2. The zero-order chi connectivity index (χ0) is 17.1. The van der Waals surface area contributed by atoms with Crippen LogP contribution in [0.1, 0.15) is 43.5 Å². The maximum Gasteiger partial charge on any atom is 0.251 e. The van der Waals surface area contributed by atoms with Crippen molar-refractivity contribution in [1.29, 1.82) is 0 Å². The number of nitrogens with one attached hydrogen (secondary N) is 2. The standard InChI is InChI=1S/C19H27N3O2/c1-13-10-17(13)19(24)21-16-7-5-6-15(11-16)18(23)20-12-14(2)22-8-3-4-9-22/h5-7,11,13-14,17H,3-4,8-10,12H2,1-2H3,(H,20,23)(H,21,24)/t13-,14+,17+/m1/s1. The summed E-state index contributed by atoms with van der Waals surface area (Å²) in [6.07, 6.45) is 3.46. The van der Waals surface area contributed by atoms with Crippen LogP contribution >= 0.6 is 0 Å². The van der Waals surface area contributed by atoms with E-state index in [1.54, 1.807) is 12.1 Å². The van der Waals surface area contributed by atoms with Crippen molar-refractivity contribution in [2.75, 3.05) is 25.0 Å². The first-order valence-corrected chi connectivity index (χ1v) is 8.98. The number of anilines is 1. The lowest BCUT2D eigenvalue weighted by molar-refractivity contribution is -0.117. The SMILES string of the molecule is C[C@@H]1C[C@@H]1C(=O)Nc1cccc(C(=O)NC[C@H](C)N2CCCC2)c1. The predicted molar refractivity (Wildman–Crippen MR) is 94.9 cm³/mol. The number of likely N-dealkylation sites (tertiary alicyclic amines) is 1. The summed E-state index contributed by atoms with van der Waals surface area (Å²) in [5.41, 5.74) is 1.28. The van der Waals surface area contributed by atoms with Gasteiger partial charge in [0.2, 0.25) is 5.91 Å². The molecule has 5 nitrogen and oxygen atoms in total. The lowest BCUT2D eigenvalue weighted by Crippen LogP contribution is -2.40. The molecule has 1 aromatic carbocycles. The van der Waals surface area contributed by atoms with E-state index in [0.29, 0.717) is 29.8 Å². The molecule has 0 bridgehead atoms. The van der Waals surface area contributed by atoms with Crippen molar-refractivity contribution in [2.45, 2.75) is 39.2 Å². The number of amides is 2. The molecule has 3 atom stereocenters. The first-order valence-electron chi connectivity index (χ1n) is 8.98. The van der Waals surface area contributed by atoms with Crippen LogP contribution in [0.15, 0.2) is 24.3 Å². The summed E-state index contributed by atoms with van der Waals surface area (Å²) in [6.45, 7) is 7.12. The Balaban J connectivity index is 1.52. The van der Waals surface area contributed by atoms with Crippen LogP contribution in [0.3, 0.4) is 0 Å². The predicted octanol–water partition coefficient (Wildman–Crippen LogP) is 2.50. The highest BCUT2D eigenvalue weighted by Crippen LogP contribution is 2.38. The highest BCUT2D eigenvalue weighted by molar-refractivity contribution is 5.98. The molecule has 1 aliphatic heterocycles. The van der Waals surface area contributed by atoms with Crippen molar-refractivity contribution in [3.63, 3.8) is 0 Å². The lowest BCUT2D eigenvalue weighted by Gasteiger charge is -2.23. The van der Waals surface area contributed by atoms with Crippen molar-refractivity contribution in [3.05, 3.63) is 29.8 Å². The monoisotopic (exact) mass is 329 g/mol. The van der Waals surface area contributed by atoms with Crippen molar-refractivity contribution >= 4 is 17.5 Å². The second-order valence-electron chi connectivity index (χ2n) is 7.19. The van der Waals surface area contributed by atoms with Gasteiger partial charge in [-0.25, -0.2) is 0 Å². The van der Waals surface area contributed by atoms with Gasteiger partial charge in [0.15, 0.2) is 0 Å². The largest absolute Gasteiger partial charge is 0.350 e. The second-order valence-corrected chi connectivity index (χ2v) is 7.19. The van der Waals surface area contributed by atoms with Gasteiger partial charge in [0.05, 0.1) is 0 Å². The molecule has 2 N–H and O–H groups in total. The Morgan fingerprint density at radius 2 is 2.00 bits per heavy atom. The quantitative estimate of drug-likeness (QED) is 0.843. The van der Waals surface area contributed by atoms with Gasteiger partial charge in [-0.05, 0) is 63.4 Å².